The van der Waals surface area contributed by atoms with Gasteiger partial charge < -0.3 is 39.4 Å². The van der Waals surface area contributed by atoms with Crippen molar-refractivity contribution < 1.29 is 77.7 Å². The van der Waals surface area contributed by atoms with E-state index in [9.17, 15) is 38.4 Å². The maximum Gasteiger partial charge on any atom is 0.316 e. The Bertz CT molecular complexity index is 1370. The number of thiocarbonyl (C=S) groups is 4. The normalized spacial score (nSPS) is 13.8. The molecule has 0 radical (unpaired) electrons. The topological polar surface area (TPSA) is 254 Å². The van der Waals surface area contributed by atoms with E-state index in [1.807, 2.05) is 0 Å². The molecule has 0 aliphatic rings. The van der Waals surface area contributed by atoms with Crippen molar-refractivity contribution in [3.05, 3.63) is 0 Å². The van der Waals surface area contributed by atoms with Crippen LogP contribution in [0.4, 0.5) is 0 Å². The van der Waals surface area contributed by atoms with Crippen LogP contribution < -0.4 is 0 Å². The molecule has 0 fully saturated rings. The number of esters is 4. The van der Waals surface area contributed by atoms with E-state index in [0.717, 1.165) is 94.1 Å². The van der Waals surface area contributed by atoms with Gasteiger partial charge in [-0.25, -0.2) is 0 Å². The molecule has 0 saturated heterocycles. The molecular weight excluding hydrogens is 1040 g/mol. The molecule has 28 heteroatoms. The molecule has 344 valence electrons. The van der Waals surface area contributed by atoms with Gasteiger partial charge in [0.25, 0.3) is 0 Å². The molecule has 0 amide bonds. The van der Waals surface area contributed by atoms with Crippen LogP contribution in [0, 0.1) is 5.41 Å². The van der Waals surface area contributed by atoms with Gasteiger partial charge in [-0.15, -0.1) is 47.0 Å². The van der Waals surface area contributed by atoms with Crippen LogP contribution in [0.1, 0.15) is 53.4 Å². The molecule has 0 saturated carbocycles. The lowest BCUT2D eigenvalue weighted by atomic mass is 9.92. The van der Waals surface area contributed by atoms with Crippen molar-refractivity contribution in [2.75, 3.05) is 49.4 Å². The third kappa shape index (κ3) is 30.6. The zero-order valence-corrected chi connectivity index (χ0v) is 42.7. The fourth-order valence-corrected chi connectivity index (χ4v) is 13.1. The minimum Gasteiger partial charge on any atom is -0.480 e. The second-order valence-electron chi connectivity index (χ2n) is 11.9. The van der Waals surface area contributed by atoms with E-state index in [0.29, 0.717) is 14.1 Å². The fourth-order valence-electron chi connectivity index (χ4n) is 3.26. The van der Waals surface area contributed by atoms with E-state index in [-0.39, 0.29) is 48.7 Å². The average molecular weight is 1080 g/mol. The Hall–Kier alpha value is -1.08. The zero-order valence-electron chi connectivity index (χ0n) is 32.9. The first-order valence-electron chi connectivity index (χ1n) is 17.3. The van der Waals surface area contributed by atoms with Crippen LogP contribution in [-0.4, -0.2) is 153 Å². The quantitative estimate of drug-likeness (QED) is 0.0365. The fraction of sp³-hybridized carbons (Fsp3) is 0.636. The summed E-state index contributed by atoms with van der Waals surface area (Å²) < 4.78 is 23.3. The maximum absolute atomic E-state index is 12.9. The molecule has 4 N–H and O–H groups in total. The molecule has 0 heterocycles. The van der Waals surface area contributed by atoms with Crippen LogP contribution in [0.2, 0.25) is 0 Å². The highest BCUT2D eigenvalue weighted by molar-refractivity contribution is 8.49. The van der Waals surface area contributed by atoms with Crippen LogP contribution in [0.25, 0.3) is 0 Å². The second-order valence-corrected chi connectivity index (χ2v) is 26.5. The highest BCUT2D eigenvalue weighted by Gasteiger charge is 2.38. The lowest BCUT2D eigenvalue weighted by molar-refractivity contribution is -0.170. The van der Waals surface area contributed by atoms with Crippen LogP contribution in [0.5, 0.6) is 0 Å². The van der Waals surface area contributed by atoms with Gasteiger partial charge in [0, 0.05) is 23.0 Å². The Balaban J connectivity index is 6.05. The highest BCUT2D eigenvalue weighted by atomic mass is 32.2. The molecule has 0 aromatic heterocycles. The van der Waals surface area contributed by atoms with Gasteiger partial charge in [-0.1, -0.05) is 95.9 Å². The molecule has 4 unspecified atom stereocenters. The van der Waals surface area contributed by atoms with Gasteiger partial charge in [0.2, 0.25) is 0 Å². The van der Waals surface area contributed by atoms with Crippen LogP contribution in [0.3, 0.4) is 0 Å². The lowest BCUT2D eigenvalue weighted by Crippen LogP contribution is -2.44. The van der Waals surface area contributed by atoms with Crippen molar-refractivity contribution in [3.63, 3.8) is 0 Å². The molecule has 0 spiro atoms. The van der Waals surface area contributed by atoms with Gasteiger partial charge in [-0.05, 0) is 27.7 Å². The summed E-state index contributed by atoms with van der Waals surface area (Å²) in [5.74, 6) is -6.77. The van der Waals surface area contributed by atoms with Gasteiger partial charge in [0.1, 0.15) is 67.0 Å². The van der Waals surface area contributed by atoms with E-state index in [4.69, 9.17) is 88.2 Å². The summed E-state index contributed by atoms with van der Waals surface area (Å²) in [6.45, 7) is 3.53. The van der Waals surface area contributed by atoms with E-state index in [2.05, 4.69) is 0 Å². The number of carbonyl (C=O) groups excluding carboxylic acids is 4. The lowest BCUT2D eigenvalue weighted by Gasteiger charge is -2.31. The van der Waals surface area contributed by atoms with Gasteiger partial charge in [0.05, 0.1) is 25.7 Å². The van der Waals surface area contributed by atoms with E-state index < -0.39 is 101 Å². The first kappa shape index (κ1) is 59.9. The molecule has 16 nitrogen and oxygen atoms in total. The van der Waals surface area contributed by atoms with Crippen molar-refractivity contribution in [2.45, 2.75) is 74.4 Å². The number of carboxylic acid groups (broad SMARTS) is 4. The van der Waals surface area contributed by atoms with E-state index >= 15 is 0 Å². The summed E-state index contributed by atoms with van der Waals surface area (Å²) in [4.78, 5) is 96.3. The molecule has 0 bridgehead atoms. The number of rotatable bonds is 28. The smallest absolute Gasteiger partial charge is 0.316 e. The Morgan fingerprint density at radius 3 is 0.754 bits per heavy atom. The van der Waals surface area contributed by atoms with Gasteiger partial charge in [-0.2, -0.15) is 0 Å². The summed E-state index contributed by atoms with van der Waals surface area (Å²) in [5, 5.41) is 33.3. The predicted octanol–water partition coefficient (Wildman–Crippen LogP) is 6.60. The number of hydrogen-bond donors (Lipinski definition) is 4. The molecule has 0 aromatic rings. The minimum absolute atomic E-state index is 0.123. The van der Waals surface area contributed by atoms with Gasteiger partial charge in [0.15, 0.2) is 0 Å². The van der Waals surface area contributed by atoms with Crippen molar-refractivity contribution in [3.8, 4) is 0 Å². The van der Waals surface area contributed by atoms with Crippen molar-refractivity contribution in [1.82, 2.24) is 0 Å². The molecular formula is C33H44O16S12. The summed E-state index contributed by atoms with van der Waals surface area (Å²) in [5.41, 5.74) is -1.65. The summed E-state index contributed by atoms with van der Waals surface area (Å²) in [6, 6.07) is 0. The van der Waals surface area contributed by atoms with Crippen LogP contribution >= 0.6 is 143 Å². The first-order valence-corrected chi connectivity index (χ1v) is 26.4. The molecule has 4 atom stereocenters. The Morgan fingerprint density at radius 2 is 0.590 bits per heavy atom. The van der Waals surface area contributed by atoms with Crippen molar-refractivity contribution in [2.24, 2.45) is 5.41 Å². The standard InChI is InChI=1S/C33H44O16S12/c1-17(25(38)39)58-29(50)54-9-5-21(34)46-13-33(14-47-22(35)6-10-55-30(51)59-18(2)26(40)41,15-48-23(36)7-11-56-31(52)60-19(3)27(42)43)16-49-24(37)8-12-57-32(53)61-20(4)28(44)45/h17-20H,5-16H2,1-4H3,(H,38,39)(H,40,41)(H,42,43)(H,44,45). The number of thioether (sulfide) groups is 8. The maximum atomic E-state index is 12.9. The SMILES string of the molecule is CC(SC(=S)SCCC(=O)OCC(COC(=O)CCSC(=S)SC(C)C(=O)O)(COC(=O)CCSC(=S)SC(C)C(=O)O)COC(=O)CCSC(=S)SC(C)C(=O)O)C(=O)O. The summed E-state index contributed by atoms with van der Waals surface area (Å²) in [6.07, 6.45) is -0.765. The minimum atomic E-state index is -1.65. The molecule has 0 rings (SSSR count). The van der Waals surface area contributed by atoms with E-state index in [1.54, 1.807) is 0 Å². The number of hydrogen-bond acceptors (Lipinski definition) is 24. The largest absolute Gasteiger partial charge is 0.480 e. The molecule has 61 heavy (non-hydrogen) atoms. The average Bonchev–Trinajstić information content (AvgIpc) is 3.16. The third-order valence-corrected chi connectivity index (χ3v) is 17.4. The number of carbonyl (C=O) groups is 8. The number of aliphatic carboxylic acids is 4. The Labute approximate surface area is 408 Å². The van der Waals surface area contributed by atoms with E-state index in [1.165, 1.54) is 27.7 Å². The molecule has 0 aliphatic carbocycles. The first-order chi connectivity index (χ1) is 28.5. The summed E-state index contributed by atoms with van der Waals surface area (Å²) in [7, 11) is 0. The Morgan fingerprint density at radius 1 is 0.410 bits per heavy atom. The highest BCUT2D eigenvalue weighted by Crippen LogP contribution is 2.28. The van der Waals surface area contributed by atoms with Crippen molar-refractivity contribution >= 4 is 205 Å². The van der Waals surface area contributed by atoms with Crippen LogP contribution in [-0.2, 0) is 57.3 Å². The monoisotopic (exact) mass is 1080 g/mol. The second kappa shape index (κ2) is 33.4. The predicted molar refractivity (Wildman–Crippen MR) is 264 cm³/mol. The third-order valence-electron chi connectivity index (χ3n) is 6.74. The van der Waals surface area contributed by atoms with Gasteiger partial charge >= 0.3 is 47.8 Å². The molecule has 0 aliphatic heterocycles. The number of carboxylic acids is 4. The zero-order chi connectivity index (χ0) is 46.7. The van der Waals surface area contributed by atoms with Crippen LogP contribution in [0.15, 0.2) is 0 Å². The Kier molecular flexibility index (Phi) is 32.8. The molecule has 0 aromatic carbocycles. The van der Waals surface area contributed by atoms with Crippen molar-refractivity contribution in [1.29, 1.82) is 0 Å². The summed E-state index contributed by atoms with van der Waals surface area (Å²) >= 11 is 28.7. The number of ether oxygens (including phenoxy) is 4. The van der Waals surface area contributed by atoms with Gasteiger partial charge in [-0.3, -0.25) is 38.4 Å².